The fourth-order valence-corrected chi connectivity index (χ4v) is 1.83. The molecule has 0 radical (unpaired) electrons. The van der Waals surface area contributed by atoms with E-state index < -0.39 is 0 Å². The molecule has 0 bridgehead atoms. The summed E-state index contributed by atoms with van der Waals surface area (Å²) in [5.41, 5.74) is 5.24. The van der Waals surface area contributed by atoms with Crippen molar-refractivity contribution in [3.05, 3.63) is 0 Å². The number of rotatable bonds is 2. The summed E-state index contributed by atoms with van der Waals surface area (Å²) in [6.07, 6.45) is 0.512. The molecule has 1 rings (SSSR count). The second-order valence-corrected chi connectivity index (χ2v) is 5.61. The highest BCUT2D eigenvalue weighted by molar-refractivity contribution is 5.81. The van der Waals surface area contributed by atoms with E-state index in [4.69, 9.17) is 5.73 Å². The summed E-state index contributed by atoms with van der Waals surface area (Å²) < 4.78 is 0. The molecule has 5 nitrogen and oxygen atoms in total. The zero-order valence-corrected chi connectivity index (χ0v) is 10.3. The number of carbonyl (C=O) groups is 2. The standard InChI is InChI=1S/C11H21N3O2/c1-11(2,3)6-9(15)14-5-4-13-8(7-14)10(12)16/h8,13H,4-7H2,1-3H3,(H2,12,16)/p+1/t8-/m0/s1. The van der Waals surface area contributed by atoms with E-state index in [-0.39, 0.29) is 23.3 Å². The molecule has 1 atom stereocenters. The molecule has 16 heavy (non-hydrogen) atoms. The Balaban J connectivity index is 2.54. The van der Waals surface area contributed by atoms with E-state index in [1.54, 1.807) is 4.90 Å². The van der Waals surface area contributed by atoms with Crippen LogP contribution in [0.4, 0.5) is 0 Å². The van der Waals surface area contributed by atoms with Crippen molar-refractivity contribution >= 4 is 11.8 Å². The molecule has 0 aromatic rings. The van der Waals surface area contributed by atoms with Crippen LogP contribution in [0.25, 0.3) is 0 Å². The summed E-state index contributed by atoms with van der Waals surface area (Å²) in [5.74, 6) is -0.222. The second-order valence-electron chi connectivity index (χ2n) is 5.61. The van der Waals surface area contributed by atoms with Crippen molar-refractivity contribution in [2.75, 3.05) is 19.6 Å². The third-order valence-electron chi connectivity index (χ3n) is 2.67. The molecule has 0 aromatic heterocycles. The van der Waals surface area contributed by atoms with Crippen LogP contribution in [-0.4, -0.2) is 42.4 Å². The van der Waals surface area contributed by atoms with Crippen molar-refractivity contribution < 1.29 is 14.9 Å². The third-order valence-corrected chi connectivity index (χ3v) is 2.67. The van der Waals surface area contributed by atoms with Gasteiger partial charge in [0, 0.05) is 6.42 Å². The van der Waals surface area contributed by atoms with Gasteiger partial charge >= 0.3 is 0 Å². The number of hydrogen-bond acceptors (Lipinski definition) is 2. The predicted molar refractivity (Wildman–Crippen MR) is 60.4 cm³/mol. The number of quaternary nitrogens is 1. The lowest BCUT2D eigenvalue weighted by Gasteiger charge is -2.31. The molecule has 0 unspecified atom stereocenters. The van der Waals surface area contributed by atoms with Gasteiger partial charge in [0.1, 0.15) is 0 Å². The molecule has 0 aliphatic carbocycles. The van der Waals surface area contributed by atoms with Crippen molar-refractivity contribution in [3.63, 3.8) is 0 Å². The van der Waals surface area contributed by atoms with Gasteiger partial charge in [-0.15, -0.1) is 0 Å². The number of amides is 2. The van der Waals surface area contributed by atoms with E-state index in [9.17, 15) is 9.59 Å². The van der Waals surface area contributed by atoms with Crippen molar-refractivity contribution in [1.82, 2.24) is 4.90 Å². The first-order valence-corrected chi connectivity index (χ1v) is 5.70. The lowest BCUT2D eigenvalue weighted by molar-refractivity contribution is -0.684. The Morgan fingerprint density at radius 1 is 1.44 bits per heavy atom. The molecule has 1 heterocycles. The normalized spacial score (nSPS) is 21.9. The zero-order chi connectivity index (χ0) is 12.3. The SMILES string of the molecule is CC(C)(C)CC(=O)N1CC[NH2+][C@H](C(N)=O)C1. The molecule has 1 aliphatic heterocycles. The molecule has 1 fully saturated rings. The Morgan fingerprint density at radius 3 is 2.56 bits per heavy atom. The lowest BCUT2D eigenvalue weighted by atomic mass is 9.91. The maximum atomic E-state index is 11.9. The summed E-state index contributed by atoms with van der Waals surface area (Å²) >= 11 is 0. The number of nitrogens with zero attached hydrogens (tertiary/aromatic N) is 1. The van der Waals surface area contributed by atoms with E-state index in [1.165, 1.54) is 0 Å². The molecule has 1 aliphatic rings. The monoisotopic (exact) mass is 228 g/mol. The number of piperazine rings is 1. The minimum atomic E-state index is -0.340. The maximum absolute atomic E-state index is 11.9. The zero-order valence-electron chi connectivity index (χ0n) is 10.3. The number of primary amides is 1. The van der Waals surface area contributed by atoms with Crippen molar-refractivity contribution in [3.8, 4) is 0 Å². The quantitative estimate of drug-likeness (QED) is 0.615. The van der Waals surface area contributed by atoms with Crippen LogP contribution >= 0.6 is 0 Å². The van der Waals surface area contributed by atoms with E-state index in [0.717, 1.165) is 6.54 Å². The van der Waals surface area contributed by atoms with Gasteiger partial charge in [0.15, 0.2) is 6.04 Å². The highest BCUT2D eigenvalue weighted by Gasteiger charge is 2.31. The molecule has 1 saturated heterocycles. The fourth-order valence-electron chi connectivity index (χ4n) is 1.83. The smallest absolute Gasteiger partial charge is 0.277 e. The first-order valence-electron chi connectivity index (χ1n) is 5.70. The molecule has 4 N–H and O–H groups in total. The Labute approximate surface area is 96.4 Å². The van der Waals surface area contributed by atoms with Crippen molar-refractivity contribution in [2.24, 2.45) is 11.1 Å². The first kappa shape index (κ1) is 13.0. The van der Waals surface area contributed by atoms with Crippen LogP contribution in [-0.2, 0) is 9.59 Å². The predicted octanol–water partition coefficient (Wildman–Crippen LogP) is -1.32. The van der Waals surface area contributed by atoms with Crippen LogP contribution in [0.5, 0.6) is 0 Å². The van der Waals surface area contributed by atoms with Gasteiger partial charge in [-0.1, -0.05) is 20.8 Å². The highest BCUT2D eigenvalue weighted by atomic mass is 16.2. The van der Waals surface area contributed by atoms with E-state index in [1.807, 2.05) is 26.1 Å². The van der Waals surface area contributed by atoms with Crippen LogP contribution in [0.1, 0.15) is 27.2 Å². The number of nitrogens with two attached hydrogens (primary N) is 2. The minimum Gasteiger partial charge on any atom is -0.364 e. The molecule has 5 heteroatoms. The first-order chi connectivity index (χ1) is 7.29. The van der Waals surface area contributed by atoms with Crippen LogP contribution in [0.15, 0.2) is 0 Å². The Bertz CT molecular complexity index is 283. The number of carbonyl (C=O) groups excluding carboxylic acids is 2. The van der Waals surface area contributed by atoms with Crippen LogP contribution in [0.3, 0.4) is 0 Å². The fraction of sp³-hybridized carbons (Fsp3) is 0.818. The lowest BCUT2D eigenvalue weighted by Crippen LogP contribution is -2.97. The summed E-state index contributed by atoms with van der Waals surface area (Å²) in [4.78, 5) is 24.8. The molecule has 92 valence electrons. The van der Waals surface area contributed by atoms with Gasteiger partial charge < -0.3 is 16.0 Å². The second kappa shape index (κ2) is 4.82. The van der Waals surface area contributed by atoms with E-state index in [2.05, 4.69) is 0 Å². The average Bonchev–Trinajstić information content (AvgIpc) is 2.15. The van der Waals surface area contributed by atoms with Crippen LogP contribution < -0.4 is 11.1 Å². The molecule has 0 spiro atoms. The summed E-state index contributed by atoms with van der Waals surface area (Å²) in [5, 5.41) is 1.91. The number of hydrogen-bond donors (Lipinski definition) is 2. The van der Waals surface area contributed by atoms with Gasteiger partial charge in [0.2, 0.25) is 5.91 Å². The third kappa shape index (κ3) is 3.81. The van der Waals surface area contributed by atoms with Crippen LogP contribution in [0.2, 0.25) is 0 Å². The van der Waals surface area contributed by atoms with Gasteiger partial charge in [-0.2, -0.15) is 0 Å². The van der Waals surface area contributed by atoms with E-state index in [0.29, 0.717) is 19.5 Å². The van der Waals surface area contributed by atoms with Gasteiger partial charge in [0.05, 0.1) is 19.6 Å². The average molecular weight is 228 g/mol. The summed E-state index contributed by atoms with van der Waals surface area (Å²) in [6, 6.07) is -0.280. The van der Waals surface area contributed by atoms with E-state index >= 15 is 0 Å². The minimum absolute atomic E-state index is 0.0134. The van der Waals surface area contributed by atoms with Gasteiger partial charge in [-0.25, -0.2) is 0 Å². The highest BCUT2D eigenvalue weighted by Crippen LogP contribution is 2.19. The van der Waals surface area contributed by atoms with Crippen molar-refractivity contribution in [2.45, 2.75) is 33.2 Å². The maximum Gasteiger partial charge on any atom is 0.277 e. The molecule has 0 aromatic carbocycles. The Hall–Kier alpha value is -1.10. The Kier molecular flexibility index (Phi) is 3.91. The van der Waals surface area contributed by atoms with Gasteiger partial charge in [-0.3, -0.25) is 9.59 Å². The molecular weight excluding hydrogens is 206 g/mol. The molecular formula is C11H22N3O2+. The molecule has 0 saturated carbocycles. The summed E-state index contributed by atoms with van der Waals surface area (Å²) in [6.45, 7) is 8.01. The topological polar surface area (TPSA) is 80.0 Å². The van der Waals surface area contributed by atoms with Crippen LogP contribution in [0, 0.1) is 5.41 Å². The Morgan fingerprint density at radius 2 is 2.06 bits per heavy atom. The van der Waals surface area contributed by atoms with Crippen molar-refractivity contribution in [1.29, 1.82) is 0 Å². The van der Waals surface area contributed by atoms with Gasteiger partial charge in [0.25, 0.3) is 5.91 Å². The van der Waals surface area contributed by atoms with Gasteiger partial charge in [-0.05, 0) is 5.41 Å². The largest absolute Gasteiger partial charge is 0.364 e. The molecule has 2 amide bonds. The summed E-state index contributed by atoms with van der Waals surface area (Å²) in [7, 11) is 0.